The number of halogens is 3. The maximum atomic E-state index is 11.8. The van der Waals surface area contributed by atoms with Gasteiger partial charge in [-0.3, -0.25) is 4.79 Å². The highest BCUT2D eigenvalue weighted by Gasteiger charge is 2.27. The minimum absolute atomic E-state index is 0.00394. The van der Waals surface area contributed by atoms with E-state index in [0.717, 1.165) is 0 Å². The van der Waals surface area contributed by atoms with Crippen molar-refractivity contribution in [2.75, 3.05) is 32.8 Å². The van der Waals surface area contributed by atoms with Gasteiger partial charge >= 0.3 is 18.2 Å². The first kappa shape index (κ1) is 17.5. The van der Waals surface area contributed by atoms with Crippen LogP contribution in [0.2, 0.25) is 0 Å². The Kier molecular flexibility index (Phi) is 6.73. The minimum Gasteiger partial charge on any atom is -0.481 e. The highest BCUT2D eigenvalue weighted by molar-refractivity contribution is 5.74. The summed E-state index contributed by atoms with van der Waals surface area (Å²) in [6, 6.07) is -0.362. The number of piperidine rings is 1. The Hall–Kier alpha value is -1.51. The summed E-state index contributed by atoms with van der Waals surface area (Å²) in [4.78, 5) is 23.8. The van der Waals surface area contributed by atoms with Crippen LogP contribution in [0.4, 0.5) is 18.0 Å². The number of hydrogen-bond acceptors (Lipinski definition) is 3. The van der Waals surface area contributed by atoms with E-state index in [1.54, 1.807) is 0 Å². The molecular formula is C12H19F3N2O4. The largest absolute Gasteiger partial charge is 0.481 e. The number of carboxylic acid groups (broad SMARTS) is 1. The van der Waals surface area contributed by atoms with E-state index in [1.165, 1.54) is 4.90 Å². The van der Waals surface area contributed by atoms with Crippen LogP contribution >= 0.6 is 0 Å². The molecule has 1 aliphatic heterocycles. The van der Waals surface area contributed by atoms with E-state index in [0.29, 0.717) is 25.9 Å². The zero-order valence-corrected chi connectivity index (χ0v) is 11.5. The fourth-order valence-corrected chi connectivity index (χ4v) is 2.12. The van der Waals surface area contributed by atoms with Crippen LogP contribution in [-0.2, 0) is 9.53 Å². The standard InChI is InChI=1S/C12H19F3N2O4/c13-12(14,15)8-21-6-3-16-11(20)17-4-1-9(2-5-17)7-10(18)19/h9H,1-8H2,(H,16,20)(H,18,19). The van der Waals surface area contributed by atoms with Gasteiger partial charge < -0.3 is 20.1 Å². The van der Waals surface area contributed by atoms with Crippen LogP contribution in [0.25, 0.3) is 0 Å². The molecule has 0 bridgehead atoms. The van der Waals surface area contributed by atoms with Gasteiger partial charge in [-0.25, -0.2) is 4.79 Å². The van der Waals surface area contributed by atoms with Gasteiger partial charge in [-0.15, -0.1) is 0 Å². The molecule has 0 atom stereocenters. The van der Waals surface area contributed by atoms with E-state index in [2.05, 4.69) is 10.1 Å². The maximum absolute atomic E-state index is 11.8. The second kappa shape index (κ2) is 8.06. The molecule has 1 aliphatic rings. The van der Waals surface area contributed by atoms with E-state index in [9.17, 15) is 22.8 Å². The van der Waals surface area contributed by atoms with E-state index in [1.807, 2.05) is 0 Å². The van der Waals surface area contributed by atoms with Gasteiger partial charge in [0.05, 0.1) is 6.61 Å². The summed E-state index contributed by atoms with van der Waals surface area (Å²) < 4.78 is 39.8. The van der Waals surface area contributed by atoms with E-state index < -0.39 is 18.8 Å². The summed E-state index contributed by atoms with van der Waals surface area (Å²) >= 11 is 0. The maximum Gasteiger partial charge on any atom is 0.411 e. The van der Waals surface area contributed by atoms with E-state index >= 15 is 0 Å². The molecule has 0 unspecified atom stereocenters. The van der Waals surface area contributed by atoms with Crippen molar-refractivity contribution in [1.82, 2.24) is 10.2 Å². The number of ether oxygens (including phenoxy) is 1. The summed E-state index contributed by atoms with van der Waals surface area (Å²) in [5.74, 6) is -0.776. The number of likely N-dealkylation sites (tertiary alicyclic amines) is 1. The first-order chi connectivity index (χ1) is 9.78. The molecule has 1 fully saturated rings. The Labute approximate surface area is 120 Å². The van der Waals surface area contributed by atoms with Crippen molar-refractivity contribution in [2.45, 2.75) is 25.4 Å². The van der Waals surface area contributed by atoms with Gasteiger partial charge in [0.1, 0.15) is 6.61 Å². The Balaban J connectivity index is 2.12. The number of alkyl halides is 3. The van der Waals surface area contributed by atoms with Crippen LogP contribution in [0, 0.1) is 5.92 Å². The molecule has 21 heavy (non-hydrogen) atoms. The number of rotatable bonds is 6. The molecule has 6 nitrogen and oxygen atoms in total. The van der Waals surface area contributed by atoms with E-state index in [-0.39, 0.29) is 31.5 Å². The quantitative estimate of drug-likeness (QED) is 0.728. The van der Waals surface area contributed by atoms with Crippen LogP contribution in [0.3, 0.4) is 0 Å². The molecule has 122 valence electrons. The van der Waals surface area contributed by atoms with E-state index in [4.69, 9.17) is 5.11 Å². The first-order valence-electron chi connectivity index (χ1n) is 6.67. The molecule has 2 N–H and O–H groups in total. The predicted molar refractivity (Wildman–Crippen MR) is 66.8 cm³/mol. The fraction of sp³-hybridized carbons (Fsp3) is 0.833. The second-order valence-electron chi connectivity index (χ2n) is 4.93. The number of carbonyl (C=O) groups excluding carboxylic acids is 1. The van der Waals surface area contributed by atoms with Crippen LogP contribution in [0.1, 0.15) is 19.3 Å². The zero-order valence-electron chi connectivity index (χ0n) is 11.5. The lowest BCUT2D eigenvalue weighted by Gasteiger charge is -2.31. The molecule has 1 rings (SSSR count). The summed E-state index contributed by atoms with van der Waals surface area (Å²) in [5.41, 5.74) is 0. The van der Waals surface area contributed by atoms with Crippen LogP contribution < -0.4 is 5.32 Å². The minimum atomic E-state index is -4.37. The zero-order chi connectivity index (χ0) is 15.9. The number of carbonyl (C=O) groups is 2. The van der Waals surface area contributed by atoms with Gasteiger partial charge in [-0.2, -0.15) is 13.2 Å². The number of hydrogen-bond donors (Lipinski definition) is 2. The Morgan fingerprint density at radius 3 is 2.43 bits per heavy atom. The fourth-order valence-electron chi connectivity index (χ4n) is 2.12. The lowest BCUT2D eigenvalue weighted by atomic mass is 9.94. The third-order valence-electron chi connectivity index (χ3n) is 3.15. The van der Waals surface area contributed by atoms with Crippen molar-refractivity contribution >= 4 is 12.0 Å². The van der Waals surface area contributed by atoms with Crippen molar-refractivity contribution in [1.29, 1.82) is 0 Å². The molecule has 0 aromatic carbocycles. The van der Waals surface area contributed by atoms with Crippen molar-refractivity contribution in [2.24, 2.45) is 5.92 Å². The molecule has 1 saturated heterocycles. The molecule has 0 aliphatic carbocycles. The van der Waals surface area contributed by atoms with Gasteiger partial charge in [0.15, 0.2) is 0 Å². The molecule has 0 spiro atoms. The molecule has 9 heteroatoms. The average molecular weight is 312 g/mol. The predicted octanol–water partition coefficient (Wildman–Crippen LogP) is 1.46. The Bertz CT molecular complexity index is 355. The number of carboxylic acids is 1. The SMILES string of the molecule is O=C(O)CC1CCN(C(=O)NCCOCC(F)(F)F)CC1. The van der Waals surface area contributed by atoms with Gasteiger partial charge in [0.2, 0.25) is 0 Å². The van der Waals surface area contributed by atoms with Gasteiger partial charge in [-0.1, -0.05) is 0 Å². The molecule has 0 saturated carbocycles. The first-order valence-corrected chi connectivity index (χ1v) is 6.67. The second-order valence-corrected chi connectivity index (χ2v) is 4.93. The highest BCUT2D eigenvalue weighted by atomic mass is 19.4. The third-order valence-corrected chi connectivity index (χ3v) is 3.15. The summed E-state index contributed by atoms with van der Waals surface area (Å²) in [5, 5.41) is 11.2. The number of amides is 2. The molecule has 0 aromatic heterocycles. The molecule has 0 aromatic rings. The number of nitrogens with zero attached hydrogens (tertiary/aromatic N) is 1. The van der Waals surface area contributed by atoms with Crippen LogP contribution in [0.5, 0.6) is 0 Å². The molecular weight excluding hydrogens is 293 g/mol. The molecule has 2 amide bonds. The molecule has 1 heterocycles. The summed E-state index contributed by atoms with van der Waals surface area (Å²) in [6.07, 6.45) is -3.04. The number of nitrogens with one attached hydrogen (secondary N) is 1. The lowest BCUT2D eigenvalue weighted by Crippen LogP contribution is -2.45. The monoisotopic (exact) mass is 312 g/mol. The third kappa shape index (κ3) is 7.74. The smallest absolute Gasteiger partial charge is 0.411 e. The van der Waals surface area contributed by atoms with Gasteiger partial charge in [0, 0.05) is 26.1 Å². The lowest BCUT2D eigenvalue weighted by molar-refractivity contribution is -0.173. The molecule has 0 radical (unpaired) electrons. The van der Waals surface area contributed by atoms with Gasteiger partial charge in [0.25, 0.3) is 0 Å². The number of aliphatic carboxylic acids is 1. The van der Waals surface area contributed by atoms with Crippen molar-refractivity contribution < 1.29 is 32.6 Å². The number of urea groups is 1. The highest BCUT2D eigenvalue weighted by Crippen LogP contribution is 2.20. The van der Waals surface area contributed by atoms with Crippen molar-refractivity contribution in [3.63, 3.8) is 0 Å². The van der Waals surface area contributed by atoms with Crippen LogP contribution in [0.15, 0.2) is 0 Å². The van der Waals surface area contributed by atoms with Gasteiger partial charge in [-0.05, 0) is 18.8 Å². The topological polar surface area (TPSA) is 78.9 Å². The Morgan fingerprint density at radius 2 is 1.90 bits per heavy atom. The summed E-state index contributed by atoms with van der Waals surface area (Å²) in [6.45, 7) is -0.630. The average Bonchev–Trinajstić information content (AvgIpc) is 2.37. The normalized spacial score (nSPS) is 16.8. The Morgan fingerprint density at radius 1 is 1.29 bits per heavy atom. The summed E-state index contributed by atoms with van der Waals surface area (Å²) in [7, 11) is 0. The van der Waals surface area contributed by atoms with Crippen LogP contribution in [-0.4, -0.2) is 61.0 Å². The van der Waals surface area contributed by atoms with Crippen molar-refractivity contribution in [3.8, 4) is 0 Å². The van der Waals surface area contributed by atoms with Crippen molar-refractivity contribution in [3.05, 3.63) is 0 Å².